The zero-order valence-electron chi connectivity index (χ0n) is 15.4. The van der Waals surface area contributed by atoms with Gasteiger partial charge in [-0.05, 0) is 42.7 Å². The molecule has 0 fully saturated rings. The Kier molecular flexibility index (Phi) is 4.36. The summed E-state index contributed by atoms with van der Waals surface area (Å²) in [5.74, 6) is -0.231. The lowest BCUT2D eigenvalue weighted by atomic mass is 10.1. The number of carbonyl (C=O) groups excluding carboxylic acids is 1. The van der Waals surface area contributed by atoms with Gasteiger partial charge in [-0.15, -0.1) is 0 Å². The zero-order valence-corrected chi connectivity index (χ0v) is 15.4. The SMILES string of the molecule is Cc1ccn(C(C)c2ccccc2)c(=O)c1C(=O)N1Cc2cccnc2C1. The summed E-state index contributed by atoms with van der Waals surface area (Å²) in [7, 11) is 0. The molecule has 1 aromatic carbocycles. The molecule has 0 aliphatic carbocycles. The van der Waals surface area contributed by atoms with E-state index in [-0.39, 0.29) is 23.1 Å². The molecule has 3 aromatic rings. The van der Waals surface area contributed by atoms with Crippen LogP contribution in [0.1, 0.15) is 45.7 Å². The molecule has 2 aromatic heterocycles. The topological polar surface area (TPSA) is 55.2 Å². The number of hydrogen-bond acceptors (Lipinski definition) is 3. The van der Waals surface area contributed by atoms with Crippen molar-refractivity contribution in [3.05, 3.63) is 99.2 Å². The predicted octanol–water partition coefficient (Wildman–Crippen LogP) is 3.32. The molecule has 27 heavy (non-hydrogen) atoms. The quantitative estimate of drug-likeness (QED) is 0.721. The second-order valence-corrected chi connectivity index (χ2v) is 6.94. The van der Waals surface area contributed by atoms with Crippen LogP contribution in [0.5, 0.6) is 0 Å². The summed E-state index contributed by atoms with van der Waals surface area (Å²) in [6, 6.07) is 15.4. The van der Waals surface area contributed by atoms with Gasteiger partial charge in [0, 0.05) is 18.9 Å². The molecule has 0 saturated carbocycles. The Balaban J connectivity index is 1.70. The maximum atomic E-state index is 13.2. The van der Waals surface area contributed by atoms with E-state index in [1.165, 1.54) is 0 Å². The smallest absolute Gasteiger partial charge is 0.264 e. The molecule has 1 unspecified atom stereocenters. The van der Waals surface area contributed by atoms with Gasteiger partial charge in [0.1, 0.15) is 5.56 Å². The molecule has 5 heteroatoms. The summed E-state index contributed by atoms with van der Waals surface area (Å²) in [5, 5.41) is 0. The van der Waals surface area contributed by atoms with Crippen LogP contribution in [0.4, 0.5) is 0 Å². The third kappa shape index (κ3) is 3.05. The van der Waals surface area contributed by atoms with Gasteiger partial charge in [0.05, 0.1) is 18.3 Å². The number of fused-ring (bicyclic) bond motifs is 1. The molecule has 0 spiro atoms. The summed E-state index contributed by atoms with van der Waals surface area (Å²) < 4.78 is 1.64. The molecule has 1 aliphatic rings. The fourth-order valence-corrected chi connectivity index (χ4v) is 3.60. The molecule has 5 nitrogen and oxygen atoms in total. The maximum Gasteiger partial charge on any atom is 0.264 e. The van der Waals surface area contributed by atoms with Crippen LogP contribution in [-0.4, -0.2) is 20.4 Å². The number of carbonyl (C=O) groups is 1. The maximum absolute atomic E-state index is 13.2. The van der Waals surface area contributed by atoms with Crippen molar-refractivity contribution < 1.29 is 4.79 Å². The van der Waals surface area contributed by atoms with Crippen LogP contribution in [0, 0.1) is 6.92 Å². The molecule has 4 rings (SSSR count). The number of rotatable bonds is 3. The minimum absolute atomic E-state index is 0.150. The first kappa shape index (κ1) is 17.2. The standard InChI is InChI=1S/C22H21N3O2/c1-15-10-12-25(16(2)17-7-4-3-5-8-17)22(27)20(15)21(26)24-13-18-9-6-11-23-19(18)14-24/h3-12,16H,13-14H2,1-2H3. The molecule has 1 atom stereocenters. The van der Waals surface area contributed by atoms with E-state index in [4.69, 9.17) is 0 Å². The zero-order chi connectivity index (χ0) is 19.0. The summed E-state index contributed by atoms with van der Waals surface area (Å²) in [6.45, 7) is 4.71. The van der Waals surface area contributed by atoms with Gasteiger partial charge in [0.25, 0.3) is 11.5 Å². The van der Waals surface area contributed by atoms with Gasteiger partial charge in [-0.3, -0.25) is 14.6 Å². The number of nitrogens with zero attached hydrogens (tertiary/aromatic N) is 3. The highest BCUT2D eigenvalue weighted by atomic mass is 16.2. The van der Waals surface area contributed by atoms with Crippen LogP contribution in [0.25, 0.3) is 0 Å². The van der Waals surface area contributed by atoms with E-state index in [1.807, 2.05) is 62.4 Å². The average Bonchev–Trinajstić information content (AvgIpc) is 3.12. The van der Waals surface area contributed by atoms with Gasteiger partial charge in [-0.25, -0.2) is 0 Å². The molecule has 1 aliphatic heterocycles. The van der Waals surface area contributed by atoms with Crippen LogP contribution in [0.15, 0.2) is 65.7 Å². The largest absolute Gasteiger partial charge is 0.328 e. The van der Waals surface area contributed by atoms with Crippen LogP contribution in [0.2, 0.25) is 0 Å². The van der Waals surface area contributed by atoms with E-state index in [9.17, 15) is 9.59 Å². The number of pyridine rings is 2. The van der Waals surface area contributed by atoms with Gasteiger partial charge in [-0.1, -0.05) is 36.4 Å². The lowest BCUT2D eigenvalue weighted by Crippen LogP contribution is -2.35. The highest BCUT2D eigenvalue weighted by Crippen LogP contribution is 2.23. The van der Waals surface area contributed by atoms with Crippen LogP contribution >= 0.6 is 0 Å². The van der Waals surface area contributed by atoms with Gasteiger partial charge < -0.3 is 9.47 Å². The second kappa shape index (κ2) is 6.83. The first-order valence-electron chi connectivity index (χ1n) is 9.05. The highest BCUT2D eigenvalue weighted by Gasteiger charge is 2.28. The Labute approximate surface area is 157 Å². The Bertz CT molecular complexity index is 1030. The lowest BCUT2D eigenvalue weighted by molar-refractivity contribution is 0.0747. The molecule has 0 bridgehead atoms. The van der Waals surface area contributed by atoms with Crippen molar-refractivity contribution >= 4 is 5.91 Å². The van der Waals surface area contributed by atoms with Crippen LogP contribution in [0.3, 0.4) is 0 Å². The minimum Gasteiger partial charge on any atom is -0.328 e. The van der Waals surface area contributed by atoms with Crippen LogP contribution < -0.4 is 5.56 Å². The first-order chi connectivity index (χ1) is 13.1. The van der Waals surface area contributed by atoms with Crippen molar-refractivity contribution in [1.82, 2.24) is 14.5 Å². The third-order valence-electron chi connectivity index (χ3n) is 5.21. The second-order valence-electron chi connectivity index (χ2n) is 6.94. The number of amides is 1. The first-order valence-corrected chi connectivity index (χ1v) is 9.05. The molecule has 0 N–H and O–H groups in total. The monoisotopic (exact) mass is 359 g/mol. The highest BCUT2D eigenvalue weighted by molar-refractivity contribution is 5.95. The fourth-order valence-electron chi connectivity index (χ4n) is 3.60. The van der Waals surface area contributed by atoms with Crippen molar-refractivity contribution in [2.45, 2.75) is 33.0 Å². The van der Waals surface area contributed by atoms with E-state index in [0.717, 1.165) is 16.8 Å². The van der Waals surface area contributed by atoms with Crippen LogP contribution in [-0.2, 0) is 13.1 Å². The molecule has 3 heterocycles. The van der Waals surface area contributed by atoms with Crippen molar-refractivity contribution in [2.24, 2.45) is 0 Å². The van der Waals surface area contributed by atoms with Gasteiger partial charge in [0.2, 0.25) is 0 Å². The van der Waals surface area contributed by atoms with Gasteiger partial charge >= 0.3 is 0 Å². The van der Waals surface area contributed by atoms with Gasteiger partial charge in [0.15, 0.2) is 0 Å². The Morgan fingerprint density at radius 1 is 1.07 bits per heavy atom. The molecular formula is C22H21N3O2. The number of aromatic nitrogens is 2. The minimum atomic E-state index is -0.250. The average molecular weight is 359 g/mol. The summed E-state index contributed by atoms with van der Waals surface area (Å²) >= 11 is 0. The van der Waals surface area contributed by atoms with Crippen molar-refractivity contribution in [3.8, 4) is 0 Å². The predicted molar refractivity (Wildman–Crippen MR) is 104 cm³/mol. The fraction of sp³-hybridized carbons (Fsp3) is 0.227. The normalized spacial score (nSPS) is 14.1. The van der Waals surface area contributed by atoms with E-state index >= 15 is 0 Å². The Morgan fingerprint density at radius 3 is 2.59 bits per heavy atom. The molecule has 0 radical (unpaired) electrons. The van der Waals surface area contributed by atoms with Gasteiger partial charge in [-0.2, -0.15) is 0 Å². The Morgan fingerprint density at radius 2 is 1.85 bits per heavy atom. The Hall–Kier alpha value is -3.21. The lowest BCUT2D eigenvalue weighted by Gasteiger charge is -2.20. The molecule has 1 amide bonds. The van der Waals surface area contributed by atoms with Crippen molar-refractivity contribution in [1.29, 1.82) is 0 Å². The third-order valence-corrected chi connectivity index (χ3v) is 5.21. The van der Waals surface area contributed by atoms with E-state index in [0.29, 0.717) is 18.7 Å². The van der Waals surface area contributed by atoms with E-state index in [2.05, 4.69) is 4.98 Å². The number of hydrogen-bond donors (Lipinski definition) is 0. The molecule has 136 valence electrons. The molecule has 0 saturated heterocycles. The summed E-state index contributed by atoms with van der Waals surface area (Å²) in [5.41, 5.74) is 3.66. The molecular weight excluding hydrogens is 338 g/mol. The van der Waals surface area contributed by atoms with Crippen molar-refractivity contribution in [3.63, 3.8) is 0 Å². The number of aryl methyl sites for hydroxylation is 1. The van der Waals surface area contributed by atoms with E-state index in [1.54, 1.807) is 21.9 Å². The van der Waals surface area contributed by atoms with E-state index < -0.39 is 0 Å². The summed E-state index contributed by atoms with van der Waals surface area (Å²) in [4.78, 5) is 32.4. The van der Waals surface area contributed by atoms with Crippen molar-refractivity contribution in [2.75, 3.05) is 0 Å². The summed E-state index contributed by atoms with van der Waals surface area (Å²) in [6.07, 6.45) is 3.50. The number of benzene rings is 1.